The summed E-state index contributed by atoms with van der Waals surface area (Å²) in [5, 5.41) is 3.35. The number of unbranched alkanes of at least 4 members (excludes halogenated alkanes) is 1. The Morgan fingerprint density at radius 3 is 2.94 bits per heavy atom. The summed E-state index contributed by atoms with van der Waals surface area (Å²) >= 11 is 3.18. The molecule has 0 aromatic carbocycles. The number of nitrogens with zero attached hydrogens (tertiary/aromatic N) is 2. The molecular formula is C11H18BrN3O. The van der Waals surface area contributed by atoms with E-state index in [4.69, 9.17) is 0 Å². The average molecular weight is 288 g/mol. The normalized spacial score (nSPS) is 11.0. The van der Waals surface area contributed by atoms with Crippen molar-refractivity contribution >= 4 is 15.9 Å². The second kappa shape index (κ2) is 6.81. The van der Waals surface area contributed by atoms with Gasteiger partial charge in [-0.1, -0.05) is 13.8 Å². The Labute approximate surface area is 104 Å². The summed E-state index contributed by atoms with van der Waals surface area (Å²) in [6.45, 7) is 5.98. The number of aromatic nitrogens is 2. The van der Waals surface area contributed by atoms with Crippen molar-refractivity contribution < 1.29 is 0 Å². The third kappa shape index (κ3) is 4.45. The zero-order chi connectivity index (χ0) is 12.0. The van der Waals surface area contributed by atoms with E-state index in [9.17, 15) is 4.79 Å². The molecule has 0 spiro atoms. The van der Waals surface area contributed by atoms with Crippen molar-refractivity contribution in [3.05, 3.63) is 27.4 Å². The molecule has 90 valence electrons. The van der Waals surface area contributed by atoms with E-state index in [0.717, 1.165) is 25.9 Å². The van der Waals surface area contributed by atoms with E-state index < -0.39 is 0 Å². The van der Waals surface area contributed by atoms with E-state index in [1.807, 2.05) is 0 Å². The summed E-state index contributed by atoms with van der Waals surface area (Å²) in [7, 11) is 0. The molecule has 0 bridgehead atoms. The number of aryl methyl sites for hydroxylation is 1. The van der Waals surface area contributed by atoms with E-state index in [1.165, 1.54) is 6.20 Å². The van der Waals surface area contributed by atoms with Crippen LogP contribution in [-0.2, 0) is 6.54 Å². The minimum atomic E-state index is -0.00758. The van der Waals surface area contributed by atoms with Crippen LogP contribution >= 0.6 is 15.9 Å². The minimum absolute atomic E-state index is 0.00758. The second-order valence-corrected chi connectivity index (χ2v) is 4.91. The van der Waals surface area contributed by atoms with Gasteiger partial charge in [0, 0.05) is 18.8 Å². The smallest absolute Gasteiger partial charge is 0.267 e. The van der Waals surface area contributed by atoms with Crippen LogP contribution < -0.4 is 10.9 Å². The van der Waals surface area contributed by atoms with Crippen molar-refractivity contribution in [2.75, 3.05) is 6.54 Å². The van der Waals surface area contributed by atoms with Crippen molar-refractivity contribution in [2.45, 2.75) is 39.3 Å². The van der Waals surface area contributed by atoms with Gasteiger partial charge >= 0.3 is 0 Å². The minimum Gasteiger partial charge on any atom is -0.315 e. The first kappa shape index (κ1) is 13.4. The highest BCUT2D eigenvalue weighted by molar-refractivity contribution is 9.10. The number of halogens is 1. The van der Waals surface area contributed by atoms with Crippen LogP contribution in [0.25, 0.3) is 0 Å². The molecule has 16 heavy (non-hydrogen) atoms. The van der Waals surface area contributed by atoms with Gasteiger partial charge in [-0.15, -0.1) is 0 Å². The summed E-state index contributed by atoms with van der Waals surface area (Å²) in [4.78, 5) is 15.6. The number of rotatable bonds is 6. The van der Waals surface area contributed by atoms with Gasteiger partial charge in [0.1, 0.15) is 4.47 Å². The van der Waals surface area contributed by atoms with E-state index >= 15 is 0 Å². The predicted octanol–water partition coefficient (Wildman–Crippen LogP) is 1.78. The summed E-state index contributed by atoms with van der Waals surface area (Å²) < 4.78 is 2.16. The maximum absolute atomic E-state index is 11.6. The number of hydrogen-bond acceptors (Lipinski definition) is 3. The van der Waals surface area contributed by atoms with Crippen LogP contribution in [0.1, 0.15) is 26.7 Å². The fourth-order valence-electron chi connectivity index (χ4n) is 1.38. The molecule has 1 rings (SSSR count). The topological polar surface area (TPSA) is 46.9 Å². The molecule has 0 saturated carbocycles. The first-order chi connectivity index (χ1) is 7.61. The van der Waals surface area contributed by atoms with E-state index in [1.54, 1.807) is 10.9 Å². The Kier molecular flexibility index (Phi) is 5.69. The molecule has 4 nitrogen and oxygen atoms in total. The average Bonchev–Trinajstić information content (AvgIpc) is 2.23. The molecule has 1 N–H and O–H groups in total. The molecule has 0 aliphatic carbocycles. The lowest BCUT2D eigenvalue weighted by Crippen LogP contribution is -2.25. The highest BCUT2D eigenvalue weighted by atomic mass is 79.9. The van der Waals surface area contributed by atoms with Crippen molar-refractivity contribution in [2.24, 2.45) is 0 Å². The maximum atomic E-state index is 11.6. The van der Waals surface area contributed by atoms with Crippen LogP contribution in [0.15, 0.2) is 21.8 Å². The molecule has 0 fully saturated rings. The largest absolute Gasteiger partial charge is 0.315 e. The Balaban J connectivity index is 2.32. The molecule has 0 saturated heterocycles. The SMILES string of the molecule is CC(C)NCCCCn1cncc(Br)c1=O. The van der Waals surface area contributed by atoms with Crippen molar-refractivity contribution in [1.29, 1.82) is 0 Å². The zero-order valence-electron chi connectivity index (χ0n) is 9.74. The van der Waals surface area contributed by atoms with E-state index in [0.29, 0.717) is 10.5 Å². The van der Waals surface area contributed by atoms with Gasteiger partial charge in [0.05, 0.1) is 6.33 Å². The Hall–Kier alpha value is -0.680. The first-order valence-corrected chi connectivity index (χ1v) is 6.34. The summed E-state index contributed by atoms with van der Waals surface area (Å²) in [5.74, 6) is 0. The molecule has 1 heterocycles. The standard InChI is InChI=1S/C11H18BrN3O/c1-9(2)14-5-3-4-6-15-8-13-7-10(12)11(15)16/h7-9,14H,3-6H2,1-2H3. The fraction of sp³-hybridized carbons (Fsp3) is 0.636. The third-order valence-electron chi connectivity index (χ3n) is 2.24. The second-order valence-electron chi connectivity index (χ2n) is 4.06. The van der Waals surface area contributed by atoms with Crippen molar-refractivity contribution in [3.8, 4) is 0 Å². The number of nitrogens with one attached hydrogen (secondary N) is 1. The predicted molar refractivity (Wildman–Crippen MR) is 68.6 cm³/mol. The quantitative estimate of drug-likeness (QED) is 0.812. The zero-order valence-corrected chi connectivity index (χ0v) is 11.3. The highest BCUT2D eigenvalue weighted by Crippen LogP contribution is 1.99. The molecule has 0 aliphatic rings. The monoisotopic (exact) mass is 287 g/mol. The fourth-order valence-corrected chi connectivity index (χ4v) is 1.73. The summed E-state index contributed by atoms with van der Waals surface area (Å²) in [6.07, 6.45) is 5.16. The molecule has 0 aliphatic heterocycles. The van der Waals surface area contributed by atoms with Gasteiger partial charge in [0.25, 0.3) is 5.56 Å². The molecule has 5 heteroatoms. The molecule has 0 radical (unpaired) electrons. The molecule has 0 unspecified atom stereocenters. The Bertz CT molecular complexity index is 376. The molecule has 1 aromatic rings. The lowest BCUT2D eigenvalue weighted by Gasteiger charge is -2.08. The van der Waals surface area contributed by atoms with Crippen LogP contribution in [-0.4, -0.2) is 22.1 Å². The number of hydrogen-bond donors (Lipinski definition) is 1. The van der Waals surface area contributed by atoms with Gasteiger partial charge in [-0.05, 0) is 35.3 Å². The molecule has 0 atom stereocenters. The Morgan fingerprint density at radius 1 is 1.50 bits per heavy atom. The molecule has 1 aromatic heterocycles. The van der Waals surface area contributed by atoms with Crippen molar-refractivity contribution in [1.82, 2.24) is 14.9 Å². The maximum Gasteiger partial charge on any atom is 0.267 e. The van der Waals surface area contributed by atoms with E-state index in [-0.39, 0.29) is 5.56 Å². The van der Waals surface area contributed by atoms with Gasteiger partial charge in [-0.2, -0.15) is 0 Å². The van der Waals surface area contributed by atoms with Crippen LogP contribution in [0, 0.1) is 0 Å². The first-order valence-electron chi connectivity index (χ1n) is 5.54. The highest BCUT2D eigenvalue weighted by Gasteiger charge is 2.00. The van der Waals surface area contributed by atoms with Gasteiger partial charge in [0.15, 0.2) is 0 Å². The van der Waals surface area contributed by atoms with E-state index in [2.05, 4.69) is 40.1 Å². The molecular weight excluding hydrogens is 270 g/mol. The lowest BCUT2D eigenvalue weighted by atomic mass is 10.3. The van der Waals surface area contributed by atoms with Gasteiger partial charge < -0.3 is 5.32 Å². The van der Waals surface area contributed by atoms with Crippen molar-refractivity contribution in [3.63, 3.8) is 0 Å². The Morgan fingerprint density at radius 2 is 2.25 bits per heavy atom. The van der Waals surface area contributed by atoms with Crippen LogP contribution in [0.2, 0.25) is 0 Å². The summed E-state index contributed by atoms with van der Waals surface area (Å²) in [6, 6.07) is 0.523. The van der Waals surface area contributed by atoms with Crippen LogP contribution in [0.4, 0.5) is 0 Å². The molecule has 0 amide bonds. The third-order valence-corrected chi connectivity index (χ3v) is 2.78. The van der Waals surface area contributed by atoms with Crippen LogP contribution in [0.5, 0.6) is 0 Å². The summed E-state index contributed by atoms with van der Waals surface area (Å²) in [5.41, 5.74) is -0.00758. The van der Waals surface area contributed by atoms with Gasteiger partial charge in [-0.3, -0.25) is 9.36 Å². The van der Waals surface area contributed by atoms with Gasteiger partial charge in [0.2, 0.25) is 0 Å². The van der Waals surface area contributed by atoms with Crippen LogP contribution in [0.3, 0.4) is 0 Å². The van der Waals surface area contributed by atoms with Gasteiger partial charge in [-0.25, -0.2) is 4.98 Å². The lowest BCUT2D eigenvalue weighted by molar-refractivity contribution is 0.523.